The Labute approximate surface area is 72.2 Å². The molecule has 0 radical (unpaired) electrons. The van der Waals surface area contributed by atoms with Gasteiger partial charge in [0.15, 0.2) is 0 Å². The number of rotatable bonds is 0. The van der Waals surface area contributed by atoms with Crippen LogP contribution in [0.3, 0.4) is 0 Å². The minimum atomic E-state index is -0.577. The van der Waals surface area contributed by atoms with Gasteiger partial charge in [0.1, 0.15) is 0 Å². The van der Waals surface area contributed by atoms with E-state index in [0.29, 0.717) is 13.0 Å². The van der Waals surface area contributed by atoms with Crippen molar-refractivity contribution in [2.24, 2.45) is 5.92 Å². The van der Waals surface area contributed by atoms with Crippen molar-refractivity contribution in [3.05, 3.63) is 0 Å². The third-order valence-corrected chi connectivity index (χ3v) is 3.20. The fraction of sp³-hybridized carbons (Fsp3) is 0.889. The molecule has 2 aliphatic rings. The molecule has 3 heteroatoms. The molecule has 1 heterocycles. The van der Waals surface area contributed by atoms with Gasteiger partial charge in [-0.3, -0.25) is 4.79 Å². The average Bonchev–Trinajstić information content (AvgIpc) is 2.06. The Bertz CT molecular complexity index is 205. The van der Waals surface area contributed by atoms with E-state index in [2.05, 4.69) is 5.32 Å². The van der Waals surface area contributed by atoms with Crippen molar-refractivity contribution in [3.63, 3.8) is 0 Å². The highest BCUT2D eigenvalue weighted by atomic mass is 16.3. The van der Waals surface area contributed by atoms with Crippen molar-refractivity contribution in [1.82, 2.24) is 5.32 Å². The molecule has 3 nitrogen and oxygen atoms in total. The van der Waals surface area contributed by atoms with Gasteiger partial charge in [-0.15, -0.1) is 0 Å². The molecule has 0 aromatic heterocycles. The van der Waals surface area contributed by atoms with E-state index in [-0.39, 0.29) is 11.8 Å². The molecule has 1 amide bonds. The Balaban J connectivity index is 2.11. The number of hydrogen-bond donors (Lipinski definition) is 2. The predicted octanol–water partition coefficient (Wildman–Crippen LogP) is 0.428. The summed E-state index contributed by atoms with van der Waals surface area (Å²) in [7, 11) is 0. The summed E-state index contributed by atoms with van der Waals surface area (Å²) < 4.78 is 0. The molecular weight excluding hydrogens is 154 g/mol. The van der Waals surface area contributed by atoms with Crippen molar-refractivity contribution >= 4 is 5.91 Å². The van der Waals surface area contributed by atoms with E-state index in [4.69, 9.17) is 0 Å². The number of carbonyl (C=O) groups is 1. The minimum Gasteiger partial charge on any atom is -0.388 e. The smallest absolute Gasteiger partial charge is 0.220 e. The second-order valence-corrected chi connectivity index (χ2v) is 4.03. The molecule has 12 heavy (non-hydrogen) atoms. The van der Waals surface area contributed by atoms with Gasteiger partial charge in [0.25, 0.3) is 0 Å². The summed E-state index contributed by atoms with van der Waals surface area (Å²) in [6.45, 7) is 0.469. The van der Waals surface area contributed by atoms with Crippen LogP contribution in [-0.2, 0) is 4.79 Å². The first-order valence-corrected chi connectivity index (χ1v) is 4.70. The van der Waals surface area contributed by atoms with Crippen LogP contribution in [0.4, 0.5) is 0 Å². The molecule has 2 atom stereocenters. The summed E-state index contributed by atoms with van der Waals surface area (Å²) in [4.78, 5) is 11.0. The molecule has 0 unspecified atom stereocenters. The number of aliphatic hydroxyl groups is 1. The lowest BCUT2D eigenvalue weighted by molar-refractivity contribution is -0.135. The van der Waals surface area contributed by atoms with Crippen LogP contribution in [-0.4, -0.2) is 23.2 Å². The van der Waals surface area contributed by atoms with Crippen LogP contribution in [0.2, 0.25) is 0 Å². The van der Waals surface area contributed by atoms with Gasteiger partial charge >= 0.3 is 0 Å². The van der Waals surface area contributed by atoms with Crippen LogP contribution >= 0.6 is 0 Å². The average molecular weight is 169 g/mol. The summed E-state index contributed by atoms with van der Waals surface area (Å²) in [6.07, 6.45) is 4.67. The zero-order chi connectivity index (χ0) is 8.60. The SMILES string of the molecule is O=C1C[C@H]2CCCC[C@@]2(O)CN1. The summed E-state index contributed by atoms with van der Waals surface area (Å²) in [6, 6.07) is 0. The normalized spacial score (nSPS) is 41.8. The number of piperidine rings is 1. The van der Waals surface area contributed by atoms with E-state index in [1.807, 2.05) is 0 Å². The van der Waals surface area contributed by atoms with Crippen LogP contribution in [0.25, 0.3) is 0 Å². The van der Waals surface area contributed by atoms with E-state index in [1.165, 1.54) is 6.42 Å². The van der Waals surface area contributed by atoms with Gasteiger partial charge in [-0.25, -0.2) is 0 Å². The van der Waals surface area contributed by atoms with Gasteiger partial charge in [-0.2, -0.15) is 0 Å². The summed E-state index contributed by atoms with van der Waals surface area (Å²) in [5, 5.41) is 12.8. The Hall–Kier alpha value is -0.570. The third-order valence-electron chi connectivity index (χ3n) is 3.20. The lowest BCUT2D eigenvalue weighted by Gasteiger charge is -2.43. The number of β-amino-alcohol motifs (C(OH)–C–C–N with tert-alkyl or cyclic N) is 1. The van der Waals surface area contributed by atoms with Gasteiger partial charge in [-0.1, -0.05) is 12.8 Å². The van der Waals surface area contributed by atoms with Crippen molar-refractivity contribution in [2.75, 3.05) is 6.54 Å². The maximum atomic E-state index is 11.0. The zero-order valence-electron chi connectivity index (χ0n) is 7.18. The molecule has 1 aliphatic carbocycles. The van der Waals surface area contributed by atoms with Crippen LogP contribution in [0.1, 0.15) is 32.1 Å². The number of nitrogens with one attached hydrogen (secondary N) is 1. The largest absolute Gasteiger partial charge is 0.388 e. The molecular formula is C9H15NO2. The first-order chi connectivity index (χ1) is 5.71. The third kappa shape index (κ3) is 1.22. The van der Waals surface area contributed by atoms with Crippen molar-refractivity contribution in [2.45, 2.75) is 37.7 Å². The van der Waals surface area contributed by atoms with Gasteiger partial charge in [-0.05, 0) is 18.8 Å². The topological polar surface area (TPSA) is 49.3 Å². The van der Waals surface area contributed by atoms with E-state index in [1.54, 1.807) is 0 Å². The quantitative estimate of drug-likeness (QED) is 0.552. The Morgan fingerprint density at radius 3 is 3.17 bits per heavy atom. The number of fused-ring (bicyclic) bond motifs is 1. The van der Waals surface area contributed by atoms with Gasteiger partial charge in [0.05, 0.1) is 5.60 Å². The standard InChI is InChI=1S/C9H15NO2/c11-8-5-7-3-1-2-4-9(7,12)6-10-8/h7,12H,1-6H2,(H,10,11)/t7-,9-/m1/s1. The second-order valence-electron chi connectivity index (χ2n) is 4.03. The fourth-order valence-corrected chi connectivity index (χ4v) is 2.37. The Morgan fingerprint density at radius 1 is 1.50 bits per heavy atom. The number of carbonyl (C=O) groups excluding carboxylic acids is 1. The van der Waals surface area contributed by atoms with Gasteiger partial charge in [0.2, 0.25) is 5.91 Å². The first kappa shape index (κ1) is 8.05. The van der Waals surface area contributed by atoms with Gasteiger partial charge < -0.3 is 10.4 Å². The molecule has 0 spiro atoms. The van der Waals surface area contributed by atoms with Crippen molar-refractivity contribution in [1.29, 1.82) is 0 Å². The minimum absolute atomic E-state index is 0.103. The summed E-state index contributed by atoms with van der Waals surface area (Å²) in [5.41, 5.74) is -0.577. The molecule has 0 aromatic carbocycles. The highest BCUT2D eigenvalue weighted by Crippen LogP contribution is 2.37. The molecule has 1 aliphatic heterocycles. The zero-order valence-corrected chi connectivity index (χ0v) is 7.18. The fourth-order valence-electron chi connectivity index (χ4n) is 2.37. The molecule has 2 rings (SSSR count). The van der Waals surface area contributed by atoms with Crippen LogP contribution in [0.5, 0.6) is 0 Å². The van der Waals surface area contributed by atoms with Crippen LogP contribution < -0.4 is 5.32 Å². The van der Waals surface area contributed by atoms with Crippen LogP contribution in [0.15, 0.2) is 0 Å². The molecule has 0 bridgehead atoms. The van der Waals surface area contributed by atoms with Crippen molar-refractivity contribution in [3.8, 4) is 0 Å². The van der Waals surface area contributed by atoms with Gasteiger partial charge in [0, 0.05) is 13.0 Å². The maximum absolute atomic E-state index is 11.0. The van der Waals surface area contributed by atoms with E-state index in [9.17, 15) is 9.90 Å². The van der Waals surface area contributed by atoms with E-state index < -0.39 is 5.60 Å². The molecule has 2 fully saturated rings. The second kappa shape index (κ2) is 2.73. The predicted molar refractivity (Wildman–Crippen MR) is 44.5 cm³/mol. The first-order valence-electron chi connectivity index (χ1n) is 4.70. The lowest BCUT2D eigenvalue weighted by Crippen LogP contribution is -2.55. The highest BCUT2D eigenvalue weighted by Gasteiger charge is 2.42. The molecule has 1 saturated heterocycles. The maximum Gasteiger partial charge on any atom is 0.220 e. The van der Waals surface area contributed by atoms with Crippen LogP contribution in [0, 0.1) is 5.92 Å². The molecule has 68 valence electrons. The molecule has 1 saturated carbocycles. The Kier molecular flexibility index (Phi) is 1.83. The van der Waals surface area contributed by atoms with Crippen molar-refractivity contribution < 1.29 is 9.90 Å². The number of amides is 1. The summed E-state index contributed by atoms with van der Waals surface area (Å²) >= 11 is 0. The van der Waals surface area contributed by atoms with E-state index in [0.717, 1.165) is 19.3 Å². The van der Waals surface area contributed by atoms with E-state index >= 15 is 0 Å². The lowest BCUT2D eigenvalue weighted by atomic mass is 9.72. The molecule has 2 N–H and O–H groups in total. The summed E-state index contributed by atoms with van der Waals surface area (Å²) in [5.74, 6) is 0.326. The monoisotopic (exact) mass is 169 g/mol. The highest BCUT2D eigenvalue weighted by molar-refractivity contribution is 5.77. The molecule has 0 aromatic rings. The number of hydrogen-bond acceptors (Lipinski definition) is 2. The Morgan fingerprint density at radius 2 is 2.33 bits per heavy atom.